The Morgan fingerprint density at radius 3 is 2.76 bits per heavy atom. The van der Waals surface area contributed by atoms with E-state index in [1.807, 2.05) is 24.3 Å². The monoisotopic (exact) mass is 347 g/mol. The summed E-state index contributed by atoms with van der Waals surface area (Å²) in [6, 6.07) is 16.2. The molecule has 1 aliphatic rings. The van der Waals surface area contributed by atoms with Gasteiger partial charge in [0.15, 0.2) is 0 Å². The van der Waals surface area contributed by atoms with Crippen LogP contribution in [0.4, 0.5) is 11.4 Å². The molecule has 6 heteroatoms. The Morgan fingerprint density at radius 2 is 1.92 bits per heavy atom. The van der Waals surface area contributed by atoms with Gasteiger partial charge in [-0.3, -0.25) is 14.6 Å². The van der Waals surface area contributed by atoms with Gasteiger partial charge in [0.1, 0.15) is 0 Å². The summed E-state index contributed by atoms with van der Waals surface area (Å²) in [4.78, 5) is 30.6. The van der Waals surface area contributed by atoms with Gasteiger partial charge in [-0.15, -0.1) is 0 Å². The fraction of sp³-hybridized carbons (Fsp3) is 0. The summed E-state index contributed by atoms with van der Waals surface area (Å²) in [5, 5.41) is 5.67. The Morgan fingerprint density at radius 1 is 1.04 bits per heavy atom. The molecule has 122 valence electrons. The summed E-state index contributed by atoms with van der Waals surface area (Å²) in [7, 11) is 0. The minimum absolute atomic E-state index is 0.174. The highest BCUT2D eigenvalue weighted by molar-refractivity contribution is 7.99. The Labute approximate surface area is 148 Å². The number of nitrogens with zero attached hydrogens (tertiary/aromatic N) is 1. The first-order valence-corrected chi connectivity index (χ1v) is 8.46. The van der Waals surface area contributed by atoms with E-state index in [4.69, 9.17) is 0 Å². The first-order valence-electron chi connectivity index (χ1n) is 7.64. The average molecular weight is 347 g/mol. The molecular formula is C19H13N3O2S. The Hall–Kier alpha value is -3.12. The molecule has 0 saturated heterocycles. The zero-order valence-electron chi connectivity index (χ0n) is 13.0. The lowest BCUT2D eigenvalue weighted by atomic mass is 10.1. The second-order valence-electron chi connectivity index (χ2n) is 5.46. The number of amides is 2. The lowest BCUT2D eigenvalue weighted by Crippen LogP contribution is -2.14. The van der Waals surface area contributed by atoms with Crippen LogP contribution >= 0.6 is 11.8 Å². The second kappa shape index (κ2) is 6.41. The molecule has 1 aromatic heterocycles. The van der Waals surface area contributed by atoms with E-state index in [0.29, 0.717) is 22.5 Å². The molecule has 2 aromatic carbocycles. The lowest BCUT2D eigenvalue weighted by Gasteiger charge is -2.09. The first-order chi connectivity index (χ1) is 12.2. The molecule has 0 atom stereocenters. The minimum atomic E-state index is -0.253. The summed E-state index contributed by atoms with van der Waals surface area (Å²) >= 11 is 1.51. The second-order valence-corrected chi connectivity index (χ2v) is 6.54. The Balaban J connectivity index is 1.64. The van der Waals surface area contributed by atoms with Crippen LogP contribution in [0.25, 0.3) is 0 Å². The molecule has 2 amide bonds. The third kappa shape index (κ3) is 3.12. The van der Waals surface area contributed by atoms with E-state index in [1.165, 1.54) is 11.8 Å². The predicted octanol–water partition coefficient (Wildman–Crippen LogP) is 4.05. The number of fused-ring (bicyclic) bond motifs is 2. The highest BCUT2D eigenvalue weighted by Crippen LogP contribution is 2.39. The summed E-state index contributed by atoms with van der Waals surface area (Å²) < 4.78 is 0. The van der Waals surface area contributed by atoms with E-state index >= 15 is 0 Å². The zero-order valence-corrected chi connectivity index (χ0v) is 13.8. The predicted molar refractivity (Wildman–Crippen MR) is 97.2 cm³/mol. The number of nitrogens with one attached hydrogen (secondary N) is 2. The number of hydrogen-bond acceptors (Lipinski definition) is 4. The maximum atomic E-state index is 12.4. The van der Waals surface area contributed by atoms with Gasteiger partial charge in [-0.1, -0.05) is 23.9 Å². The Kier molecular flexibility index (Phi) is 3.95. The molecule has 5 nitrogen and oxygen atoms in total. The van der Waals surface area contributed by atoms with Crippen molar-refractivity contribution in [1.82, 2.24) is 4.98 Å². The maximum absolute atomic E-state index is 12.4. The van der Waals surface area contributed by atoms with Gasteiger partial charge >= 0.3 is 0 Å². The van der Waals surface area contributed by atoms with Crippen LogP contribution in [0.1, 0.15) is 20.7 Å². The van der Waals surface area contributed by atoms with Gasteiger partial charge in [-0.05, 0) is 42.5 Å². The molecule has 2 heterocycles. The maximum Gasteiger partial charge on any atom is 0.256 e. The lowest BCUT2D eigenvalue weighted by molar-refractivity contribution is 0.101. The van der Waals surface area contributed by atoms with E-state index in [2.05, 4.69) is 15.6 Å². The van der Waals surface area contributed by atoms with E-state index < -0.39 is 0 Å². The smallest absolute Gasteiger partial charge is 0.256 e. The van der Waals surface area contributed by atoms with E-state index in [0.717, 1.165) is 9.79 Å². The van der Waals surface area contributed by atoms with Crippen LogP contribution in [-0.2, 0) is 0 Å². The third-order valence-electron chi connectivity index (χ3n) is 3.76. The van der Waals surface area contributed by atoms with Gasteiger partial charge in [0, 0.05) is 21.6 Å². The average Bonchev–Trinajstić information content (AvgIpc) is 2.78. The van der Waals surface area contributed by atoms with Crippen molar-refractivity contribution in [3.63, 3.8) is 0 Å². The van der Waals surface area contributed by atoms with Crippen LogP contribution in [0.2, 0.25) is 0 Å². The molecule has 4 rings (SSSR count). The van der Waals surface area contributed by atoms with Crippen molar-refractivity contribution in [1.29, 1.82) is 0 Å². The number of hydrogen-bond donors (Lipinski definition) is 2. The van der Waals surface area contributed by atoms with Crippen LogP contribution in [0.15, 0.2) is 76.8 Å². The molecule has 0 saturated carbocycles. The fourth-order valence-electron chi connectivity index (χ4n) is 2.55. The van der Waals surface area contributed by atoms with Crippen LogP contribution in [0, 0.1) is 0 Å². The molecule has 0 radical (unpaired) electrons. The zero-order chi connectivity index (χ0) is 17.2. The van der Waals surface area contributed by atoms with E-state index in [1.54, 1.807) is 42.7 Å². The molecule has 0 aliphatic carbocycles. The van der Waals surface area contributed by atoms with Crippen molar-refractivity contribution in [2.45, 2.75) is 9.79 Å². The standard InChI is InChI=1S/C19H13N3O2S/c23-18(21-13-4-3-9-20-11-13)12-7-8-17-15(10-12)22-19(24)14-5-1-2-6-16(14)25-17/h1-11H,(H,21,23)(H,22,24). The quantitative estimate of drug-likeness (QED) is 0.734. The van der Waals surface area contributed by atoms with Crippen molar-refractivity contribution < 1.29 is 9.59 Å². The molecule has 0 spiro atoms. The summed E-state index contributed by atoms with van der Waals surface area (Å²) in [6.45, 7) is 0. The number of rotatable bonds is 2. The van der Waals surface area contributed by atoms with Gasteiger partial charge in [-0.2, -0.15) is 0 Å². The number of anilines is 2. The number of carbonyl (C=O) groups is 2. The number of pyridine rings is 1. The molecule has 1 aliphatic heterocycles. The van der Waals surface area contributed by atoms with Crippen molar-refractivity contribution in [3.8, 4) is 0 Å². The fourth-order valence-corrected chi connectivity index (χ4v) is 3.56. The normalized spacial score (nSPS) is 12.4. The van der Waals surface area contributed by atoms with Crippen LogP contribution in [-0.4, -0.2) is 16.8 Å². The topological polar surface area (TPSA) is 71.1 Å². The van der Waals surface area contributed by atoms with Crippen molar-refractivity contribution in [3.05, 3.63) is 78.1 Å². The highest BCUT2D eigenvalue weighted by atomic mass is 32.2. The largest absolute Gasteiger partial charge is 0.321 e. The molecule has 2 N–H and O–H groups in total. The minimum Gasteiger partial charge on any atom is -0.321 e. The third-order valence-corrected chi connectivity index (χ3v) is 4.91. The van der Waals surface area contributed by atoms with Gasteiger partial charge in [-0.25, -0.2) is 0 Å². The number of carbonyl (C=O) groups excluding carboxylic acids is 2. The molecule has 0 unspecified atom stereocenters. The van der Waals surface area contributed by atoms with Crippen LogP contribution in [0.3, 0.4) is 0 Å². The SMILES string of the molecule is O=C(Nc1cccnc1)c1ccc2c(c1)NC(=O)c1ccccc1S2. The van der Waals surface area contributed by atoms with Gasteiger partial charge < -0.3 is 10.6 Å². The van der Waals surface area contributed by atoms with Crippen molar-refractivity contribution >= 4 is 35.0 Å². The Bertz CT molecular complexity index is 973. The number of aromatic nitrogens is 1. The van der Waals surface area contributed by atoms with Crippen molar-refractivity contribution in [2.75, 3.05) is 10.6 Å². The van der Waals surface area contributed by atoms with E-state index in [-0.39, 0.29) is 11.8 Å². The highest BCUT2D eigenvalue weighted by Gasteiger charge is 2.20. The molecule has 0 fully saturated rings. The van der Waals surface area contributed by atoms with Crippen LogP contribution < -0.4 is 10.6 Å². The summed E-state index contributed by atoms with van der Waals surface area (Å²) in [6.07, 6.45) is 3.22. The van der Waals surface area contributed by atoms with Gasteiger partial charge in [0.25, 0.3) is 11.8 Å². The van der Waals surface area contributed by atoms with Crippen molar-refractivity contribution in [2.24, 2.45) is 0 Å². The van der Waals surface area contributed by atoms with Crippen LogP contribution in [0.5, 0.6) is 0 Å². The first kappa shape index (κ1) is 15.4. The number of benzene rings is 2. The molecular weight excluding hydrogens is 334 g/mol. The molecule has 25 heavy (non-hydrogen) atoms. The van der Waals surface area contributed by atoms with Gasteiger partial charge in [0.05, 0.1) is 23.1 Å². The molecule has 0 bridgehead atoms. The summed E-state index contributed by atoms with van der Waals surface area (Å²) in [5.74, 6) is -0.427. The van der Waals surface area contributed by atoms with E-state index in [9.17, 15) is 9.59 Å². The summed E-state index contributed by atoms with van der Waals surface area (Å²) in [5.41, 5.74) is 2.35. The molecule has 3 aromatic rings. The van der Waals surface area contributed by atoms with Gasteiger partial charge in [0.2, 0.25) is 0 Å².